The molecule has 0 radical (unpaired) electrons. The molecule has 0 aliphatic carbocycles. The lowest BCUT2D eigenvalue weighted by molar-refractivity contribution is -0.322. The summed E-state index contributed by atoms with van der Waals surface area (Å²) in [5.74, 6) is -0.166. The Balaban J connectivity index is 1.90. The predicted octanol–water partition coefficient (Wildman–Crippen LogP) is -3.72. The zero-order valence-corrected chi connectivity index (χ0v) is 13.5. The summed E-state index contributed by atoms with van der Waals surface area (Å²) in [5, 5.41) is 20.1. The summed E-state index contributed by atoms with van der Waals surface area (Å²) in [4.78, 5) is 43.6. The maximum absolute atomic E-state index is 11.7. The molecule has 24 heavy (non-hydrogen) atoms. The number of aromatic amines is 1. The summed E-state index contributed by atoms with van der Waals surface area (Å²) >= 11 is 4.09. The normalized spacial score (nSPS) is 27.8. The van der Waals surface area contributed by atoms with Gasteiger partial charge in [0.05, 0.1) is 12.9 Å². The number of nitrogens with one attached hydrogen (secondary N) is 1. The number of nitrogens with zero attached hydrogens (tertiary/aromatic N) is 3. The maximum atomic E-state index is 11.7. The number of ether oxygens (including phenoxy) is 1. The molecule has 0 amide bonds. The molecular weight excluding hydrogens is 365 g/mol. The molecule has 4 atom stereocenters. The van der Waals surface area contributed by atoms with Crippen LogP contribution < -0.4 is 21.1 Å². The average molecular weight is 377 g/mol. The molecule has 0 saturated carbocycles. The van der Waals surface area contributed by atoms with Crippen LogP contribution in [0.1, 0.15) is 6.23 Å². The van der Waals surface area contributed by atoms with E-state index in [0.29, 0.717) is 0 Å². The van der Waals surface area contributed by atoms with Crippen LogP contribution in [0.25, 0.3) is 11.2 Å². The monoisotopic (exact) mass is 377 g/mol. The van der Waals surface area contributed by atoms with Crippen molar-refractivity contribution in [2.75, 3.05) is 12.3 Å². The zero-order valence-electron chi connectivity index (χ0n) is 11.8. The van der Waals surface area contributed by atoms with Gasteiger partial charge in [0.2, 0.25) is 5.95 Å². The fourth-order valence-corrected chi connectivity index (χ4v) is 2.90. The van der Waals surface area contributed by atoms with Crippen molar-refractivity contribution >= 4 is 35.6 Å². The molecule has 2 aromatic heterocycles. The first-order valence-electron chi connectivity index (χ1n) is 6.58. The van der Waals surface area contributed by atoms with E-state index in [-0.39, 0.29) is 17.1 Å². The third kappa shape index (κ3) is 3.20. The van der Waals surface area contributed by atoms with Crippen molar-refractivity contribution in [2.24, 2.45) is 0 Å². The van der Waals surface area contributed by atoms with Gasteiger partial charge >= 0.3 is 0 Å². The Hall–Kier alpha value is -1.44. The minimum absolute atomic E-state index is 0.0341. The first kappa shape index (κ1) is 17.4. The molecule has 0 aromatic carbocycles. The van der Waals surface area contributed by atoms with Crippen LogP contribution >= 0.6 is 6.72 Å². The highest BCUT2D eigenvalue weighted by Gasteiger charge is 2.44. The molecule has 0 bridgehead atoms. The Kier molecular flexibility index (Phi) is 4.44. The van der Waals surface area contributed by atoms with Gasteiger partial charge in [-0.15, -0.1) is 11.8 Å². The van der Waals surface area contributed by atoms with E-state index in [0.717, 1.165) is 0 Å². The summed E-state index contributed by atoms with van der Waals surface area (Å²) in [6.07, 6.45) is -4.06. The highest BCUT2D eigenvalue weighted by Crippen LogP contribution is 2.34. The maximum Gasteiger partial charge on any atom is 0.280 e. The SMILES string of the molecule is Nc1nc2c(ncn2[C@@H]2O[C@H](COP([O-])([O-])=S)[C@H](O)C2O)c(=O)[nH]1. The Morgan fingerprint density at radius 3 is 2.88 bits per heavy atom. The van der Waals surface area contributed by atoms with Crippen LogP contribution in [-0.4, -0.2) is 54.7 Å². The topological polar surface area (TPSA) is 195 Å². The molecule has 5 N–H and O–H groups in total. The van der Waals surface area contributed by atoms with E-state index in [9.17, 15) is 24.8 Å². The van der Waals surface area contributed by atoms with Crippen LogP contribution in [0, 0.1) is 0 Å². The van der Waals surface area contributed by atoms with Gasteiger partial charge in [-0.05, 0) is 0 Å². The van der Waals surface area contributed by atoms with E-state index in [1.807, 2.05) is 0 Å². The van der Waals surface area contributed by atoms with Gasteiger partial charge < -0.3 is 35.0 Å². The molecule has 1 saturated heterocycles. The molecule has 1 aliphatic heterocycles. The molecule has 0 spiro atoms. The number of fused-ring (bicyclic) bond motifs is 1. The summed E-state index contributed by atoms with van der Waals surface area (Å²) in [6.45, 7) is -5.00. The molecule has 12 nitrogen and oxygen atoms in total. The van der Waals surface area contributed by atoms with Gasteiger partial charge in [0, 0.05) is 0 Å². The number of aliphatic hydroxyl groups excluding tert-OH is 2. The highest BCUT2D eigenvalue weighted by molar-refractivity contribution is 8.05. The molecule has 1 aliphatic rings. The average Bonchev–Trinajstić information content (AvgIpc) is 3.00. The first-order valence-corrected chi connectivity index (χ1v) is 9.13. The van der Waals surface area contributed by atoms with Crippen molar-refractivity contribution in [3.05, 3.63) is 16.7 Å². The Labute approximate surface area is 138 Å². The molecular formula is C10H12N5O7PS-2. The molecule has 3 rings (SSSR count). The minimum Gasteiger partial charge on any atom is -0.812 e. The van der Waals surface area contributed by atoms with Crippen molar-refractivity contribution in [3.8, 4) is 0 Å². The van der Waals surface area contributed by atoms with Gasteiger partial charge in [0.15, 0.2) is 17.4 Å². The number of aromatic nitrogens is 4. The van der Waals surface area contributed by atoms with Crippen molar-refractivity contribution in [3.63, 3.8) is 0 Å². The minimum atomic E-state index is -4.43. The molecule has 14 heteroatoms. The van der Waals surface area contributed by atoms with Crippen LogP contribution in [0.3, 0.4) is 0 Å². The molecule has 132 valence electrons. The summed E-state index contributed by atoms with van der Waals surface area (Å²) in [5.41, 5.74) is 4.89. The van der Waals surface area contributed by atoms with Gasteiger partial charge in [0.1, 0.15) is 18.3 Å². The number of nitrogens with two attached hydrogens (primary N) is 1. The lowest BCUT2D eigenvalue weighted by Crippen LogP contribution is -2.34. The highest BCUT2D eigenvalue weighted by atomic mass is 32.5. The number of rotatable bonds is 4. The van der Waals surface area contributed by atoms with Crippen molar-refractivity contribution in [1.29, 1.82) is 0 Å². The van der Waals surface area contributed by atoms with E-state index in [1.165, 1.54) is 10.9 Å². The second kappa shape index (κ2) is 6.13. The largest absolute Gasteiger partial charge is 0.812 e. The molecule has 2 aromatic rings. The summed E-state index contributed by atoms with van der Waals surface area (Å²) < 4.78 is 11.0. The fourth-order valence-electron chi connectivity index (χ4n) is 2.39. The van der Waals surface area contributed by atoms with Crippen LogP contribution in [0.5, 0.6) is 0 Å². The van der Waals surface area contributed by atoms with E-state index in [4.69, 9.17) is 10.5 Å². The van der Waals surface area contributed by atoms with Gasteiger partial charge in [-0.3, -0.25) is 14.3 Å². The number of hydrogen-bond donors (Lipinski definition) is 4. The van der Waals surface area contributed by atoms with E-state index in [1.54, 1.807) is 0 Å². The lowest BCUT2D eigenvalue weighted by atomic mass is 10.1. The summed E-state index contributed by atoms with van der Waals surface area (Å²) in [7, 11) is 0. The van der Waals surface area contributed by atoms with Gasteiger partial charge in [-0.2, -0.15) is 4.98 Å². The number of nitrogen functional groups attached to an aromatic ring is 1. The standard InChI is InChI=1S/C10H14N5O7PS/c11-10-13-7-4(8(18)14-10)12-2-15(7)9-6(17)5(16)3(22-9)1-21-23(19,20)24/h2-3,5-6,9,16-17H,1H2,(H2,19,20,24)(H3,11,13,14,18)/p-2/t3-,5+,6?,9-/m1/s1. The Morgan fingerprint density at radius 2 is 2.21 bits per heavy atom. The van der Waals surface area contributed by atoms with Crippen LogP contribution in [-0.2, 0) is 21.1 Å². The summed E-state index contributed by atoms with van der Waals surface area (Å²) in [6, 6.07) is 0. The molecule has 3 heterocycles. The van der Waals surface area contributed by atoms with Gasteiger partial charge in [0.25, 0.3) is 5.56 Å². The van der Waals surface area contributed by atoms with Crippen LogP contribution in [0.4, 0.5) is 5.95 Å². The second-order valence-electron chi connectivity index (χ2n) is 5.06. The van der Waals surface area contributed by atoms with Crippen molar-refractivity contribution < 1.29 is 29.3 Å². The Bertz CT molecular complexity index is 865. The van der Waals surface area contributed by atoms with Crippen molar-refractivity contribution in [2.45, 2.75) is 24.5 Å². The van der Waals surface area contributed by atoms with E-state index < -0.39 is 43.4 Å². The van der Waals surface area contributed by atoms with Crippen LogP contribution in [0.15, 0.2) is 11.1 Å². The number of anilines is 1. The van der Waals surface area contributed by atoms with Crippen molar-refractivity contribution in [1.82, 2.24) is 19.5 Å². The predicted molar refractivity (Wildman–Crippen MR) is 78.7 cm³/mol. The fraction of sp³-hybridized carbons (Fsp3) is 0.500. The van der Waals surface area contributed by atoms with E-state index >= 15 is 0 Å². The molecule has 1 unspecified atom stereocenters. The number of H-pyrrole nitrogens is 1. The number of imidazole rings is 1. The second-order valence-corrected chi connectivity index (χ2v) is 7.56. The number of hydrogen-bond acceptors (Lipinski definition) is 11. The Morgan fingerprint density at radius 1 is 1.50 bits per heavy atom. The smallest absolute Gasteiger partial charge is 0.280 e. The quantitative estimate of drug-likeness (QED) is 0.383. The van der Waals surface area contributed by atoms with Crippen LogP contribution in [0.2, 0.25) is 0 Å². The van der Waals surface area contributed by atoms with Gasteiger partial charge in [-0.25, -0.2) is 4.98 Å². The third-order valence-corrected chi connectivity index (χ3v) is 4.24. The zero-order chi connectivity index (χ0) is 17.6. The van der Waals surface area contributed by atoms with E-state index in [2.05, 4.69) is 31.3 Å². The molecule has 1 fully saturated rings. The first-order chi connectivity index (χ1) is 11.2. The number of aliphatic hydroxyl groups is 2. The third-order valence-electron chi connectivity index (χ3n) is 3.46. The van der Waals surface area contributed by atoms with Gasteiger partial charge in [-0.1, -0.05) is 6.72 Å². The lowest BCUT2D eigenvalue weighted by Gasteiger charge is -2.35.